The van der Waals surface area contributed by atoms with Crippen LogP contribution in [-0.2, 0) is 13.0 Å². The summed E-state index contributed by atoms with van der Waals surface area (Å²) in [6.07, 6.45) is 8.51. The van der Waals surface area contributed by atoms with Crippen LogP contribution in [0.5, 0.6) is 0 Å². The van der Waals surface area contributed by atoms with Crippen LogP contribution in [0.25, 0.3) is 11.1 Å². The fourth-order valence-corrected chi connectivity index (χ4v) is 2.15. The molecule has 20 heavy (non-hydrogen) atoms. The van der Waals surface area contributed by atoms with Crippen molar-refractivity contribution in [3.8, 4) is 11.1 Å². The third-order valence-corrected chi connectivity index (χ3v) is 3.23. The Bertz CT molecular complexity index is 688. The van der Waals surface area contributed by atoms with Gasteiger partial charge in [-0.3, -0.25) is 9.67 Å². The molecule has 2 N–H and O–H groups in total. The number of aryl methyl sites for hydroxylation is 2. The van der Waals surface area contributed by atoms with Crippen molar-refractivity contribution in [3.05, 3.63) is 66.7 Å². The number of aromatic nitrogens is 3. The van der Waals surface area contributed by atoms with E-state index in [4.69, 9.17) is 5.73 Å². The summed E-state index contributed by atoms with van der Waals surface area (Å²) >= 11 is 0. The third-order valence-electron chi connectivity index (χ3n) is 3.23. The zero-order valence-corrected chi connectivity index (χ0v) is 11.1. The van der Waals surface area contributed by atoms with Gasteiger partial charge in [0.1, 0.15) is 0 Å². The molecule has 0 spiro atoms. The van der Waals surface area contributed by atoms with E-state index in [1.165, 1.54) is 5.56 Å². The van der Waals surface area contributed by atoms with Crippen molar-refractivity contribution in [1.82, 2.24) is 14.8 Å². The summed E-state index contributed by atoms with van der Waals surface area (Å²) in [6.45, 7) is 0.854. The number of nitrogens with zero attached hydrogens (tertiary/aromatic N) is 3. The lowest BCUT2D eigenvalue weighted by Gasteiger charge is -2.01. The summed E-state index contributed by atoms with van der Waals surface area (Å²) in [5, 5.41) is 4.40. The Balaban J connectivity index is 1.71. The summed E-state index contributed by atoms with van der Waals surface area (Å²) in [5.41, 5.74) is 10.0. The number of anilines is 1. The number of rotatable bonds is 4. The van der Waals surface area contributed by atoms with Gasteiger partial charge < -0.3 is 5.73 Å². The molecule has 0 amide bonds. The van der Waals surface area contributed by atoms with Crippen molar-refractivity contribution in [2.75, 3.05) is 5.73 Å². The smallest absolute Gasteiger partial charge is 0.0568 e. The van der Waals surface area contributed by atoms with Crippen molar-refractivity contribution < 1.29 is 0 Å². The highest BCUT2D eigenvalue weighted by atomic mass is 15.3. The second kappa shape index (κ2) is 5.57. The third kappa shape index (κ3) is 2.85. The number of benzene rings is 1. The summed E-state index contributed by atoms with van der Waals surface area (Å²) < 4.78 is 1.96. The molecule has 0 saturated carbocycles. The summed E-state index contributed by atoms with van der Waals surface area (Å²) in [5.74, 6) is 0. The van der Waals surface area contributed by atoms with Gasteiger partial charge in [-0.2, -0.15) is 5.10 Å². The predicted molar refractivity (Wildman–Crippen MR) is 80.0 cm³/mol. The van der Waals surface area contributed by atoms with Gasteiger partial charge in [0.25, 0.3) is 0 Å². The number of pyridine rings is 1. The molecular weight excluding hydrogens is 248 g/mol. The average molecular weight is 264 g/mol. The molecule has 0 fully saturated rings. The summed E-state index contributed by atoms with van der Waals surface area (Å²) in [6, 6.07) is 11.9. The Morgan fingerprint density at radius 3 is 2.70 bits per heavy atom. The van der Waals surface area contributed by atoms with Crippen molar-refractivity contribution in [2.24, 2.45) is 0 Å². The summed E-state index contributed by atoms with van der Waals surface area (Å²) in [7, 11) is 0. The van der Waals surface area contributed by atoms with Crippen LogP contribution in [0.3, 0.4) is 0 Å². The highest BCUT2D eigenvalue weighted by Gasteiger charge is 2.02. The van der Waals surface area contributed by atoms with Crippen LogP contribution >= 0.6 is 0 Å². The lowest BCUT2D eigenvalue weighted by atomic mass is 10.1. The number of nitrogens with two attached hydrogens (primary N) is 1. The van der Waals surface area contributed by atoms with Gasteiger partial charge in [0.05, 0.1) is 6.20 Å². The molecule has 3 aromatic rings. The predicted octanol–water partition coefficient (Wildman–Crippen LogP) is 2.77. The van der Waals surface area contributed by atoms with E-state index < -0.39 is 0 Å². The second-order valence-electron chi connectivity index (χ2n) is 4.72. The molecule has 4 nitrogen and oxygen atoms in total. The van der Waals surface area contributed by atoms with Gasteiger partial charge in [0, 0.05) is 36.4 Å². The lowest BCUT2D eigenvalue weighted by molar-refractivity contribution is 0.615. The topological polar surface area (TPSA) is 56.7 Å². The number of hydrogen-bond acceptors (Lipinski definition) is 3. The molecule has 4 heteroatoms. The SMILES string of the molecule is Nc1cccc(-c2cnn(CCc3ccncc3)c2)c1. The van der Waals surface area contributed by atoms with Crippen molar-refractivity contribution in [1.29, 1.82) is 0 Å². The average Bonchev–Trinajstić information content (AvgIpc) is 2.95. The molecule has 2 aromatic heterocycles. The quantitative estimate of drug-likeness (QED) is 0.737. The van der Waals surface area contributed by atoms with Crippen LogP contribution in [0.2, 0.25) is 0 Å². The van der Waals surface area contributed by atoms with Crippen molar-refractivity contribution in [2.45, 2.75) is 13.0 Å². The largest absolute Gasteiger partial charge is 0.399 e. The summed E-state index contributed by atoms with van der Waals surface area (Å²) in [4.78, 5) is 4.02. The van der Waals surface area contributed by atoms with E-state index in [9.17, 15) is 0 Å². The molecular formula is C16H16N4. The van der Waals surface area contributed by atoms with Crippen LogP contribution < -0.4 is 5.73 Å². The van der Waals surface area contributed by atoms with Gasteiger partial charge in [-0.25, -0.2) is 0 Å². The number of hydrogen-bond donors (Lipinski definition) is 1. The minimum atomic E-state index is 0.770. The fourth-order valence-electron chi connectivity index (χ4n) is 2.15. The van der Waals surface area contributed by atoms with E-state index in [0.29, 0.717) is 0 Å². The maximum atomic E-state index is 5.80. The molecule has 0 bridgehead atoms. The fraction of sp³-hybridized carbons (Fsp3) is 0.125. The van der Waals surface area contributed by atoms with Gasteiger partial charge in [-0.05, 0) is 41.8 Å². The van der Waals surface area contributed by atoms with E-state index in [-0.39, 0.29) is 0 Å². The van der Waals surface area contributed by atoms with Crippen LogP contribution in [0, 0.1) is 0 Å². The van der Waals surface area contributed by atoms with E-state index >= 15 is 0 Å². The van der Waals surface area contributed by atoms with Gasteiger partial charge in [-0.15, -0.1) is 0 Å². The molecule has 0 unspecified atom stereocenters. The molecule has 0 atom stereocenters. The lowest BCUT2D eigenvalue weighted by Crippen LogP contribution is -2.01. The van der Waals surface area contributed by atoms with Crippen molar-refractivity contribution in [3.63, 3.8) is 0 Å². The highest BCUT2D eigenvalue weighted by molar-refractivity contribution is 5.65. The minimum absolute atomic E-state index is 0.770. The Morgan fingerprint density at radius 1 is 1.05 bits per heavy atom. The van der Waals surface area contributed by atoms with Crippen LogP contribution in [-0.4, -0.2) is 14.8 Å². The maximum absolute atomic E-state index is 5.80. The Kier molecular flexibility index (Phi) is 3.46. The molecule has 1 aromatic carbocycles. The van der Waals surface area contributed by atoms with Crippen LogP contribution in [0.1, 0.15) is 5.56 Å². The Labute approximate surface area is 117 Å². The van der Waals surface area contributed by atoms with E-state index in [0.717, 1.165) is 29.8 Å². The van der Waals surface area contributed by atoms with E-state index in [2.05, 4.69) is 16.3 Å². The zero-order valence-electron chi connectivity index (χ0n) is 11.1. The normalized spacial score (nSPS) is 10.6. The first-order valence-corrected chi connectivity index (χ1v) is 6.58. The molecule has 0 aliphatic carbocycles. The second-order valence-corrected chi connectivity index (χ2v) is 4.72. The molecule has 0 radical (unpaired) electrons. The first-order valence-electron chi connectivity index (χ1n) is 6.58. The zero-order chi connectivity index (χ0) is 13.8. The van der Waals surface area contributed by atoms with Crippen LogP contribution in [0.4, 0.5) is 5.69 Å². The van der Waals surface area contributed by atoms with Crippen molar-refractivity contribution >= 4 is 5.69 Å². The number of nitrogen functional groups attached to an aromatic ring is 1. The molecule has 3 rings (SSSR count). The molecule has 0 aliphatic rings. The van der Waals surface area contributed by atoms with E-state index in [1.807, 2.05) is 59.7 Å². The molecule has 0 saturated heterocycles. The monoisotopic (exact) mass is 264 g/mol. The highest BCUT2D eigenvalue weighted by Crippen LogP contribution is 2.20. The Hall–Kier alpha value is -2.62. The molecule has 2 heterocycles. The standard InChI is InChI=1S/C16H16N4/c17-16-3-1-2-14(10-16)15-11-19-20(12-15)9-6-13-4-7-18-8-5-13/h1-5,7-8,10-12H,6,9,17H2. The first-order chi connectivity index (χ1) is 9.81. The molecule has 100 valence electrons. The van der Waals surface area contributed by atoms with Gasteiger partial charge in [0.15, 0.2) is 0 Å². The van der Waals surface area contributed by atoms with Crippen LogP contribution in [0.15, 0.2) is 61.2 Å². The van der Waals surface area contributed by atoms with Gasteiger partial charge >= 0.3 is 0 Å². The maximum Gasteiger partial charge on any atom is 0.0568 e. The van der Waals surface area contributed by atoms with E-state index in [1.54, 1.807) is 0 Å². The molecule has 0 aliphatic heterocycles. The minimum Gasteiger partial charge on any atom is -0.399 e. The Morgan fingerprint density at radius 2 is 1.90 bits per heavy atom. The first kappa shape index (κ1) is 12.4. The van der Waals surface area contributed by atoms with Gasteiger partial charge in [-0.1, -0.05) is 12.1 Å². The van der Waals surface area contributed by atoms with Gasteiger partial charge in [0.2, 0.25) is 0 Å².